The zero-order valence-corrected chi connectivity index (χ0v) is 14.1. The third-order valence-corrected chi connectivity index (χ3v) is 6.38. The van der Waals surface area contributed by atoms with Gasteiger partial charge < -0.3 is 0 Å². The van der Waals surface area contributed by atoms with Crippen molar-refractivity contribution < 1.29 is 43.6 Å². The number of aliphatic hydroxyl groups excluding tert-OH is 6. The number of rotatable bonds is 4. The van der Waals surface area contributed by atoms with Crippen LogP contribution in [0.4, 0.5) is 0 Å². The van der Waals surface area contributed by atoms with Gasteiger partial charge in [-0.15, -0.1) is 0 Å². The first kappa shape index (κ1) is 18.6. The second kappa shape index (κ2) is 7.87. The Morgan fingerprint density at radius 2 is 1.55 bits per heavy atom. The van der Waals surface area contributed by atoms with Crippen LogP contribution in [0.25, 0.3) is 0 Å². The summed E-state index contributed by atoms with van der Waals surface area (Å²) in [6.07, 6.45) is -10.2. The summed E-state index contributed by atoms with van der Waals surface area (Å²) in [6.45, 7) is -1.01. The number of aliphatic hydroxyl groups is 6. The molecule has 0 saturated carbocycles. The maximum absolute atomic E-state index is 10.1. The Hall–Kier alpha value is 0.236. The van der Waals surface area contributed by atoms with Crippen molar-refractivity contribution in [3.8, 4) is 0 Å². The Bertz CT molecular complexity index is 360. The molecule has 2 saturated heterocycles. The van der Waals surface area contributed by atoms with Crippen LogP contribution in [0.1, 0.15) is 0 Å². The summed E-state index contributed by atoms with van der Waals surface area (Å²) in [5.74, 6) is 0. The molecule has 0 spiro atoms. The molecule has 11 heteroatoms. The summed E-state index contributed by atoms with van der Waals surface area (Å²) in [5.41, 5.74) is 5.73. The van der Waals surface area contributed by atoms with Gasteiger partial charge in [0.15, 0.2) is 0 Å². The molecule has 1 radical (unpaired) electrons. The number of nitrogens with two attached hydrogens (primary N) is 1. The predicted octanol–water partition coefficient (Wildman–Crippen LogP) is -5.17. The van der Waals surface area contributed by atoms with Crippen molar-refractivity contribution in [2.45, 2.75) is 53.6 Å². The van der Waals surface area contributed by atoms with Gasteiger partial charge in [0.05, 0.1) is 0 Å². The Morgan fingerprint density at radius 3 is 2.14 bits per heavy atom. The standard InChI is InChI=1S/C11H21NO9.Ga/c12-1-4(15)10(5(16)2-13)21-11-9(19)8(18)7(17)6(3-14)20-11;/h1,4-11,13-15,17-19H,2-3,12H2;/q-1;+1/t4-,5-,6-,7+,8+,9-,10+,11+;/m1./s1. The molecule has 0 bridgehead atoms. The van der Waals surface area contributed by atoms with E-state index in [1.807, 2.05) is 0 Å². The van der Waals surface area contributed by atoms with E-state index in [0.717, 1.165) is 0 Å². The van der Waals surface area contributed by atoms with E-state index in [-0.39, 0.29) is 0 Å². The fourth-order valence-corrected chi connectivity index (χ4v) is 4.55. The molecule has 9 atom stereocenters. The molecule has 22 heavy (non-hydrogen) atoms. The van der Waals surface area contributed by atoms with E-state index in [1.165, 1.54) is 0 Å². The van der Waals surface area contributed by atoms with Crippen LogP contribution >= 0.6 is 0 Å². The van der Waals surface area contributed by atoms with Crippen molar-refractivity contribution >= 4 is 17.8 Å². The van der Waals surface area contributed by atoms with Crippen LogP contribution in [-0.2, 0) is 13.0 Å². The molecule has 0 aromatic rings. The molecular weight excluding hydrogens is 360 g/mol. The van der Waals surface area contributed by atoms with Crippen molar-refractivity contribution in [3.05, 3.63) is 0 Å². The number of hydrogen-bond donors (Lipinski definition) is 7. The topological polar surface area (TPSA) is 175 Å². The third-order valence-electron chi connectivity index (χ3n) is 3.83. The fraction of sp³-hybridized carbons (Fsp3) is 1.00. The summed E-state index contributed by atoms with van der Waals surface area (Å²) < 4.78 is 15.4. The predicted molar refractivity (Wildman–Crippen MR) is 70.3 cm³/mol. The molecule has 8 N–H and O–H groups in total. The quantitative estimate of drug-likeness (QED) is 0.233. The van der Waals surface area contributed by atoms with Gasteiger partial charge in [-0.1, -0.05) is 0 Å². The molecule has 2 rings (SSSR count). The zero-order chi connectivity index (χ0) is 16.4. The molecule has 2 aliphatic rings. The van der Waals surface area contributed by atoms with E-state index in [0.29, 0.717) is 0 Å². The van der Waals surface area contributed by atoms with Gasteiger partial charge in [-0.3, -0.25) is 0 Å². The molecule has 127 valence electrons. The van der Waals surface area contributed by atoms with Crippen LogP contribution in [0, 0.1) is 0 Å². The first-order valence-electron chi connectivity index (χ1n) is 6.90. The molecule has 0 aromatic heterocycles. The molecular formula is C11H21GaNO9. The summed E-state index contributed by atoms with van der Waals surface area (Å²) in [6, 6.07) is 0. The van der Waals surface area contributed by atoms with Crippen LogP contribution < -0.4 is 5.73 Å². The number of hydrogen-bond acceptors (Lipinski definition) is 10. The van der Waals surface area contributed by atoms with E-state index >= 15 is 0 Å². The van der Waals surface area contributed by atoms with Crippen molar-refractivity contribution in [1.29, 1.82) is 0 Å². The van der Waals surface area contributed by atoms with Crippen LogP contribution in [0.3, 0.4) is 0 Å². The van der Waals surface area contributed by atoms with Crippen LogP contribution in [0.15, 0.2) is 0 Å². The molecule has 0 amide bonds. The van der Waals surface area contributed by atoms with Gasteiger partial charge in [0.25, 0.3) is 0 Å². The zero-order valence-electron chi connectivity index (χ0n) is 11.7. The van der Waals surface area contributed by atoms with Gasteiger partial charge in [-0.25, -0.2) is 0 Å². The Labute approximate surface area is 134 Å². The summed E-state index contributed by atoms with van der Waals surface area (Å²) >= 11 is -1.39. The van der Waals surface area contributed by atoms with Crippen molar-refractivity contribution in [2.24, 2.45) is 5.73 Å². The van der Waals surface area contributed by atoms with Crippen LogP contribution in [0.5, 0.6) is 0 Å². The van der Waals surface area contributed by atoms with E-state index in [9.17, 15) is 25.5 Å². The number of ether oxygens (including phenoxy) is 2. The van der Waals surface area contributed by atoms with Crippen LogP contribution in [-0.4, -0.2) is 115 Å². The first-order chi connectivity index (χ1) is 10.4. The summed E-state index contributed by atoms with van der Waals surface area (Å²) in [5, 5.41) is 57.8. The molecule has 2 aliphatic heterocycles. The van der Waals surface area contributed by atoms with E-state index < -0.39 is 84.6 Å². The average molecular weight is 381 g/mol. The van der Waals surface area contributed by atoms with Gasteiger partial charge >= 0.3 is 134 Å². The SMILES string of the molecule is N[C@H]1[Ga][O][C@H](CO)[C@@H](O[C@@H]2O[C@H](CO)[C@H](O)[C@H](O)[C@H]2O)[C@@H]1O. The van der Waals surface area contributed by atoms with Gasteiger partial charge in [-0.05, 0) is 0 Å². The molecule has 0 aliphatic carbocycles. The molecule has 2 heterocycles. The Morgan fingerprint density at radius 1 is 0.909 bits per heavy atom. The molecule has 2 fully saturated rings. The van der Waals surface area contributed by atoms with E-state index in [1.54, 1.807) is 0 Å². The van der Waals surface area contributed by atoms with Gasteiger partial charge in [0, 0.05) is 0 Å². The second-order valence-corrected chi connectivity index (χ2v) is 8.12. The fourth-order valence-electron chi connectivity index (χ4n) is 2.44. The minimum atomic E-state index is -1.60. The minimum absolute atomic E-state index is 0.413. The molecule has 0 aromatic carbocycles. The molecule has 0 unspecified atom stereocenters. The van der Waals surface area contributed by atoms with E-state index in [4.69, 9.17) is 23.8 Å². The average Bonchev–Trinajstić information content (AvgIpc) is 2.52. The van der Waals surface area contributed by atoms with Crippen molar-refractivity contribution in [2.75, 3.05) is 13.2 Å². The Kier molecular flexibility index (Phi) is 6.65. The summed E-state index contributed by atoms with van der Waals surface area (Å²) in [7, 11) is 0. The van der Waals surface area contributed by atoms with E-state index in [2.05, 4.69) is 0 Å². The maximum atomic E-state index is 10.1. The normalized spacial score (nSPS) is 49.7. The molecule has 10 nitrogen and oxygen atoms in total. The van der Waals surface area contributed by atoms with Gasteiger partial charge in [-0.2, -0.15) is 0 Å². The Balaban J connectivity index is 2.09. The van der Waals surface area contributed by atoms with Crippen molar-refractivity contribution in [1.82, 2.24) is 0 Å². The van der Waals surface area contributed by atoms with Gasteiger partial charge in [0.1, 0.15) is 0 Å². The van der Waals surface area contributed by atoms with Gasteiger partial charge in [0.2, 0.25) is 0 Å². The van der Waals surface area contributed by atoms with Crippen molar-refractivity contribution in [3.63, 3.8) is 0 Å². The third kappa shape index (κ3) is 3.66. The summed E-state index contributed by atoms with van der Waals surface area (Å²) in [4.78, 5) is 0. The second-order valence-electron chi connectivity index (χ2n) is 5.36. The monoisotopic (exact) mass is 380 g/mol. The first-order valence-corrected chi connectivity index (χ1v) is 9.28. The van der Waals surface area contributed by atoms with Crippen LogP contribution in [0.2, 0.25) is 0 Å².